The Kier molecular flexibility index (Phi) is 2.42. The van der Waals surface area contributed by atoms with Crippen molar-refractivity contribution in [3.63, 3.8) is 0 Å². The van der Waals surface area contributed by atoms with Crippen molar-refractivity contribution in [2.45, 2.75) is 0 Å². The van der Waals surface area contributed by atoms with E-state index in [1.165, 1.54) is 11.3 Å². The molecule has 3 nitrogen and oxygen atoms in total. The van der Waals surface area contributed by atoms with Crippen molar-refractivity contribution in [3.05, 3.63) is 52.9 Å². The van der Waals surface area contributed by atoms with Gasteiger partial charge < -0.3 is 10.3 Å². The van der Waals surface area contributed by atoms with Crippen molar-refractivity contribution in [2.24, 2.45) is 0 Å². The molecule has 0 atom stereocenters. The Balaban J connectivity index is 1.87. The molecule has 1 aromatic carbocycles. The van der Waals surface area contributed by atoms with Crippen molar-refractivity contribution < 1.29 is 4.79 Å². The second kappa shape index (κ2) is 4.07. The molecule has 3 aromatic rings. The molecule has 2 N–H and O–H groups in total. The van der Waals surface area contributed by atoms with Crippen molar-refractivity contribution in [3.8, 4) is 0 Å². The summed E-state index contributed by atoms with van der Waals surface area (Å²) >= 11 is 1.52. The number of aromatic amines is 1. The summed E-state index contributed by atoms with van der Waals surface area (Å²) in [4.78, 5) is 15.0. The molecule has 0 saturated heterocycles. The number of rotatable bonds is 2. The van der Waals surface area contributed by atoms with Crippen LogP contribution in [-0.4, -0.2) is 10.9 Å². The fourth-order valence-corrected chi connectivity index (χ4v) is 2.36. The maximum atomic E-state index is 11.8. The van der Waals surface area contributed by atoms with E-state index < -0.39 is 0 Å². The Bertz CT molecular complexity index is 655. The minimum atomic E-state index is -0.0684. The summed E-state index contributed by atoms with van der Waals surface area (Å²) in [7, 11) is 0. The molecule has 0 spiro atoms. The lowest BCUT2D eigenvalue weighted by Crippen LogP contribution is -2.10. The first-order chi connectivity index (χ1) is 8.33. The van der Waals surface area contributed by atoms with Crippen LogP contribution in [0.2, 0.25) is 0 Å². The number of hydrogen-bond donors (Lipinski definition) is 2. The third kappa shape index (κ3) is 1.94. The first-order valence-corrected chi connectivity index (χ1v) is 6.18. The highest BCUT2D eigenvalue weighted by Crippen LogP contribution is 2.18. The molecule has 0 saturated carbocycles. The van der Waals surface area contributed by atoms with E-state index in [1.807, 2.05) is 47.3 Å². The first kappa shape index (κ1) is 10.1. The predicted octanol–water partition coefficient (Wildman–Crippen LogP) is 3.48. The zero-order valence-electron chi connectivity index (χ0n) is 8.94. The maximum Gasteiger partial charge on any atom is 0.256 e. The standard InChI is InChI=1S/C13H10N2OS/c16-13(10-4-6-17-8-10)15-11-1-2-12-9(7-11)3-5-14-12/h1-8,14H,(H,15,16). The average molecular weight is 242 g/mol. The third-order valence-corrected chi connectivity index (χ3v) is 3.28. The lowest BCUT2D eigenvalue weighted by atomic mass is 10.2. The number of H-pyrrole nitrogens is 1. The molecule has 0 aliphatic carbocycles. The zero-order valence-corrected chi connectivity index (χ0v) is 9.75. The zero-order chi connectivity index (χ0) is 11.7. The maximum absolute atomic E-state index is 11.8. The van der Waals surface area contributed by atoms with Crippen LogP contribution in [-0.2, 0) is 0 Å². The van der Waals surface area contributed by atoms with Gasteiger partial charge in [-0.15, -0.1) is 0 Å². The summed E-state index contributed by atoms with van der Waals surface area (Å²) in [5, 5.41) is 7.70. The minimum Gasteiger partial charge on any atom is -0.361 e. The van der Waals surface area contributed by atoms with Gasteiger partial charge in [-0.2, -0.15) is 11.3 Å². The molecule has 0 bridgehead atoms. The Labute approximate surface area is 102 Å². The Morgan fingerprint density at radius 2 is 2.18 bits per heavy atom. The second-order valence-electron chi connectivity index (χ2n) is 3.75. The number of nitrogens with one attached hydrogen (secondary N) is 2. The van der Waals surface area contributed by atoms with Crippen LogP contribution in [0, 0.1) is 0 Å². The Morgan fingerprint density at radius 3 is 3.00 bits per heavy atom. The van der Waals surface area contributed by atoms with Crippen molar-refractivity contribution >= 4 is 33.8 Å². The number of fused-ring (bicyclic) bond motifs is 1. The lowest BCUT2D eigenvalue weighted by molar-refractivity contribution is 0.102. The topological polar surface area (TPSA) is 44.9 Å². The molecule has 3 rings (SSSR count). The van der Waals surface area contributed by atoms with Crippen LogP contribution in [0.4, 0.5) is 5.69 Å². The number of carbonyl (C=O) groups is 1. The van der Waals surface area contributed by atoms with Gasteiger partial charge in [-0.1, -0.05) is 0 Å². The SMILES string of the molecule is O=C(Nc1ccc2[nH]ccc2c1)c1ccsc1. The number of hydrogen-bond acceptors (Lipinski definition) is 2. The summed E-state index contributed by atoms with van der Waals surface area (Å²) < 4.78 is 0. The first-order valence-electron chi connectivity index (χ1n) is 5.23. The fraction of sp³-hybridized carbons (Fsp3) is 0. The van der Waals surface area contributed by atoms with Crippen LogP contribution < -0.4 is 5.32 Å². The third-order valence-electron chi connectivity index (χ3n) is 2.59. The lowest BCUT2D eigenvalue weighted by Gasteiger charge is -2.03. The summed E-state index contributed by atoms with van der Waals surface area (Å²) in [5.41, 5.74) is 2.58. The number of thiophene rings is 1. The Hall–Kier alpha value is -2.07. The summed E-state index contributed by atoms with van der Waals surface area (Å²) in [5.74, 6) is -0.0684. The van der Waals surface area contributed by atoms with Crippen molar-refractivity contribution in [1.29, 1.82) is 0 Å². The molecular formula is C13H10N2OS. The summed E-state index contributed by atoms with van der Waals surface area (Å²) in [6, 6.07) is 9.60. The predicted molar refractivity (Wildman–Crippen MR) is 70.6 cm³/mol. The van der Waals surface area contributed by atoms with E-state index in [0.717, 1.165) is 16.6 Å². The highest BCUT2D eigenvalue weighted by Gasteiger charge is 2.06. The molecule has 0 fully saturated rings. The smallest absolute Gasteiger partial charge is 0.256 e. The van der Waals surface area contributed by atoms with Gasteiger partial charge >= 0.3 is 0 Å². The highest BCUT2D eigenvalue weighted by molar-refractivity contribution is 7.08. The van der Waals surface area contributed by atoms with Gasteiger partial charge in [0.25, 0.3) is 5.91 Å². The summed E-state index contributed by atoms with van der Waals surface area (Å²) in [6.45, 7) is 0. The van der Waals surface area contributed by atoms with Gasteiger partial charge in [0.2, 0.25) is 0 Å². The van der Waals surface area contributed by atoms with Gasteiger partial charge in [0.1, 0.15) is 0 Å². The number of amides is 1. The van der Waals surface area contributed by atoms with Gasteiger partial charge in [0.05, 0.1) is 5.56 Å². The van der Waals surface area contributed by atoms with Gasteiger partial charge in [-0.25, -0.2) is 0 Å². The number of aromatic nitrogens is 1. The average Bonchev–Trinajstić information content (AvgIpc) is 2.99. The Morgan fingerprint density at radius 1 is 1.24 bits per heavy atom. The largest absolute Gasteiger partial charge is 0.361 e. The van der Waals surface area contributed by atoms with Crippen LogP contribution >= 0.6 is 11.3 Å². The van der Waals surface area contributed by atoms with Crippen LogP contribution in [0.1, 0.15) is 10.4 Å². The molecule has 0 aliphatic rings. The van der Waals surface area contributed by atoms with E-state index in [2.05, 4.69) is 10.3 Å². The van der Waals surface area contributed by atoms with Crippen LogP contribution in [0.5, 0.6) is 0 Å². The van der Waals surface area contributed by atoms with E-state index in [1.54, 1.807) is 0 Å². The molecule has 2 heterocycles. The van der Waals surface area contributed by atoms with Gasteiger partial charge in [0.15, 0.2) is 0 Å². The second-order valence-corrected chi connectivity index (χ2v) is 4.53. The summed E-state index contributed by atoms with van der Waals surface area (Å²) in [6.07, 6.45) is 1.88. The van der Waals surface area contributed by atoms with Crippen molar-refractivity contribution in [2.75, 3.05) is 5.32 Å². The number of benzene rings is 1. The molecule has 0 unspecified atom stereocenters. The molecule has 84 valence electrons. The van der Waals surface area contributed by atoms with E-state index in [0.29, 0.717) is 5.56 Å². The van der Waals surface area contributed by atoms with Crippen LogP contribution in [0.25, 0.3) is 10.9 Å². The van der Waals surface area contributed by atoms with E-state index in [-0.39, 0.29) is 5.91 Å². The fourth-order valence-electron chi connectivity index (χ4n) is 1.73. The number of carbonyl (C=O) groups excluding carboxylic acids is 1. The van der Waals surface area contributed by atoms with Gasteiger partial charge in [-0.05, 0) is 35.7 Å². The molecule has 4 heteroatoms. The van der Waals surface area contributed by atoms with Crippen molar-refractivity contribution in [1.82, 2.24) is 4.98 Å². The van der Waals surface area contributed by atoms with Crippen LogP contribution in [0.3, 0.4) is 0 Å². The molecule has 17 heavy (non-hydrogen) atoms. The van der Waals surface area contributed by atoms with E-state index >= 15 is 0 Å². The molecule has 0 aliphatic heterocycles. The molecule has 0 radical (unpaired) electrons. The molecule has 1 amide bonds. The quantitative estimate of drug-likeness (QED) is 0.710. The van der Waals surface area contributed by atoms with Crippen LogP contribution in [0.15, 0.2) is 47.3 Å². The minimum absolute atomic E-state index is 0.0684. The molecular weight excluding hydrogens is 232 g/mol. The monoisotopic (exact) mass is 242 g/mol. The van der Waals surface area contributed by atoms with Gasteiger partial charge in [-0.3, -0.25) is 4.79 Å². The normalized spacial score (nSPS) is 10.6. The number of anilines is 1. The molecule has 2 aromatic heterocycles. The van der Waals surface area contributed by atoms with E-state index in [9.17, 15) is 4.79 Å². The van der Waals surface area contributed by atoms with Gasteiger partial charge in [0, 0.05) is 28.2 Å². The van der Waals surface area contributed by atoms with E-state index in [4.69, 9.17) is 0 Å². The highest BCUT2D eigenvalue weighted by atomic mass is 32.1.